The number of ether oxygens (including phenoxy) is 1. The lowest BCUT2D eigenvalue weighted by Gasteiger charge is -2.23. The van der Waals surface area contributed by atoms with Gasteiger partial charge in [-0.2, -0.15) is 4.98 Å². The van der Waals surface area contributed by atoms with Crippen LogP contribution >= 0.6 is 11.9 Å². The summed E-state index contributed by atoms with van der Waals surface area (Å²) in [6.07, 6.45) is 1.96. The molecule has 0 aliphatic rings. The summed E-state index contributed by atoms with van der Waals surface area (Å²) in [5, 5.41) is 9.91. The number of nitrogens with two attached hydrogens (primary N) is 1. The van der Waals surface area contributed by atoms with E-state index in [-0.39, 0.29) is 17.2 Å². The predicted molar refractivity (Wildman–Crippen MR) is 165 cm³/mol. The number of aromatic nitrogens is 2. The van der Waals surface area contributed by atoms with E-state index in [1.54, 1.807) is 13.8 Å². The van der Waals surface area contributed by atoms with Crippen LogP contribution in [0.4, 0.5) is 5.95 Å². The average molecular weight is 565 g/mol. The van der Waals surface area contributed by atoms with Crippen molar-refractivity contribution < 1.29 is 14.6 Å². The van der Waals surface area contributed by atoms with Gasteiger partial charge in [0.1, 0.15) is 12.4 Å². The fourth-order valence-electron chi connectivity index (χ4n) is 4.51. The van der Waals surface area contributed by atoms with Crippen LogP contribution in [0, 0.1) is 19.3 Å². The molecule has 0 unspecified atom stereocenters. The van der Waals surface area contributed by atoms with E-state index in [0.29, 0.717) is 37.7 Å². The molecule has 0 radical (unpaired) electrons. The standard InChI is InChI=1S/C32H44N4O3S/c1-21-10-8-11-22(2)29(21)27-18-28(39-20-24(33)19-31(3,4)5)35-30(34-27)36-40-26-13-9-12-23(17-26)16-25(37)14-15-32(6,7)38/h8-13,17-18,24,38H,14-16,19-20,33H2,1-7H3,(H,34,35,36)/t24-/m1/s1. The smallest absolute Gasteiger partial charge is 0.237 e. The predicted octanol–water partition coefficient (Wildman–Crippen LogP) is 6.68. The Balaban J connectivity index is 1.78. The first-order chi connectivity index (χ1) is 18.7. The summed E-state index contributed by atoms with van der Waals surface area (Å²) in [7, 11) is 0. The Morgan fingerprint density at radius 3 is 2.38 bits per heavy atom. The molecule has 3 aromatic rings. The van der Waals surface area contributed by atoms with Crippen LogP contribution in [0.3, 0.4) is 0 Å². The molecule has 4 N–H and O–H groups in total. The zero-order valence-electron chi connectivity index (χ0n) is 24.9. The van der Waals surface area contributed by atoms with Crippen LogP contribution in [0.25, 0.3) is 11.3 Å². The van der Waals surface area contributed by atoms with Crippen LogP contribution in [-0.2, 0) is 11.2 Å². The number of nitrogens with one attached hydrogen (secondary N) is 1. The Morgan fingerprint density at radius 2 is 1.73 bits per heavy atom. The third-order valence-corrected chi connectivity index (χ3v) is 7.11. The van der Waals surface area contributed by atoms with E-state index in [1.165, 1.54) is 11.9 Å². The number of anilines is 1. The number of benzene rings is 2. The number of carbonyl (C=O) groups is 1. The molecule has 0 aliphatic carbocycles. The van der Waals surface area contributed by atoms with Gasteiger partial charge in [0, 0.05) is 35.4 Å². The van der Waals surface area contributed by atoms with Crippen molar-refractivity contribution in [2.24, 2.45) is 11.1 Å². The van der Waals surface area contributed by atoms with Gasteiger partial charge >= 0.3 is 0 Å². The number of carbonyl (C=O) groups excluding carboxylic acids is 1. The minimum absolute atomic E-state index is 0.105. The molecule has 0 aliphatic heterocycles. The highest BCUT2D eigenvalue weighted by Gasteiger charge is 2.18. The SMILES string of the molecule is Cc1cccc(C)c1-c1cc(OC[C@H](N)CC(C)(C)C)nc(NSc2cccc(CC(=O)CCC(C)(C)O)c2)n1. The monoisotopic (exact) mass is 564 g/mol. The molecule has 40 heavy (non-hydrogen) atoms. The lowest BCUT2D eigenvalue weighted by Crippen LogP contribution is -2.32. The second-order valence-electron chi connectivity index (χ2n) is 12.4. The Hall–Kier alpha value is -2.94. The number of rotatable bonds is 13. The normalized spacial score (nSPS) is 12.7. The molecule has 216 valence electrons. The largest absolute Gasteiger partial charge is 0.476 e. The van der Waals surface area contributed by atoms with Gasteiger partial charge in [0.25, 0.3) is 0 Å². The molecule has 1 aromatic heterocycles. The Morgan fingerprint density at radius 1 is 1.05 bits per heavy atom. The summed E-state index contributed by atoms with van der Waals surface area (Å²) in [4.78, 5) is 22.8. The topological polar surface area (TPSA) is 110 Å². The van der Waals surface area contributed by atoms with E-state index < -0.39 is 5.60 Å². The molecule has 1 heterocycles. The summed E-state index contributed by atoms with van der Waals surface area (Å²) in [6.45, 7) is 14.4. The summed E-state index contributed by atoms with van der Waals surface area (Å²) in [5.74, 6) is 0.996. The summed E-state index contributed by atoms with van der Waals surface area (Å²) in [5.41, 5.74) is 10.6. The van der Waals surface area contributed by atoms with Crippen LogP contribution in [0.5, 0.6) is 5.88 Å². The van der Waals surface area contributed by atoms with Gasteiger partial charge in [-0.1, -0.05) is 51.1 Å². The molecule has 0 saturated carbocycles. The van der Waals surface area contributed by atoms with Gasteiger partial charge in [-0.3, -0.25) is 9.52 Å². The molecule has 0 saturated heterocycles. The number of hydrogen-bond acceptors (Lipinski definition) is 8. The molecule has 8 heteroatoms. The van der Waals surface area contributed by atoms with Crippen LogP contribution in [0.1, 0.15) is 70.6 Å². The highest BCUT2D eigenvalue weighted by molar-refractivity contribution is 8.00. The van der Waals surface area contributed by atoms with Crippen molar-refractivity contribution in [3.63, 3.8) is 0 Å². The van der Waals surface area contributed by atoms with Crippen molar-refractivity contribution in [2.75, 3.05) is 11.3 Å². The number of aliphatic hydroxyl groups is 1. The van der Waals surface area contributed by atoms with Crippen molar-refractivity contribution in [3.8, 4) is 17.1 Å². The second-order valence-corrected chi connectivity index (χ2v) is 13.3. The number of ketones is 1. The summed E-state index contributed by atoms with van der Waals surface area (Å²) >= 11 is 1.38. The molecule has 7 nitrogen and oxygen atoms in total. The van der Waals surface area contributed by atoms with Crippen molar-refractivity contribution in [2.45, 2.75) is 90.7 Å². The molecular weight excluding hydrogens is 520 g/mol. The first kappa shape index (κ1) is 31.6. The Labute approximate surface area is 243 Å². The maximum Gasteiger partial charge on any atom is 0.237 e. The first-order valence-electron chi connectivity index (χ1n) is 13.8. The van der Waals surface area contributed by atoms with Gasteiger partial charge in [-0.25, -0.2) is 4.98 Å². The van der Waals surface area contributed by atoms with Gasteiger partial charge < -0.3 is 15.6 Å². The number of Topliss-reactive ketones (excluding diaryl/α,β-unsaturated/α-hetero) is 1. The van der Waals surface area contributed by atoms with Crippen molar-refractivity contribution in [1.82, 2.24) is 9.97 Å². The third kappa shape index (κ3) is 10.6. The number of aryl methyl sites for hydroxylation is 2. The van der Waals surface area contributed by atoms with Gasteiger partial charge in [0.05, 0.1) is 11.3 Å². The van der Waals surface area contributed by atoms with E-state index in [0.717, 1.165) is 39.3 Å². The Kier molecular flexibility index (Phi) is 10.8. The third-order valence-electron chi connectivity index (χ3n) is 6.34. The molecule has 3 rings (SSSR count). The zero-order chi connectivity index (χ0) is 29.5. The van der Waals surface area contributed by atoms with E-state index in [1.807, 2.05) is 36.4 Å². The number of hydrogen-bond donors (Lipinski definition) is 3. The van der Waals surface area contributed by atoms with E-state index in [2.05, 4.69) is 56.5 Å². The lowest BCUT2D eigenvalue weighted by atomic mass is 9.89. The highest BCUT2D eigenvalue weighted by atomic mass is 32.2. The quantitative estimate of drug-likeness (QED) is 0.197. The summed E-state index contributed by atoms with van der Waals surface area (Å²) in [6, 6.07) is 15.8. The average Bonchev–Trinajstić information content (AvgIpc) is 2.84. The second kappa shape index (κ2) is 13.6. The summed E-state index contributed by atoms with van der Waals surface area (Å²) < 4.78 is 9.34. The van der Waals surface area contributed by atoms with Gasteiger partial charge in [0.2, 0.25) is 11.8 Å². The van der Waals surface area contributed by atoms with Crippen molar-refractivity contribution in [1.29, 1.82) is 0 Å². The van der Waals surface area contributed by atoms with Crippen LogP contribution in [-0.4, -0.2) is 39.1 Å². The molecule has 0 fully saturated rings. The van der Waals surface area contributed by atoms with Gasteiger partial charge in [-0.05, 0) is 86.7 Å². The molecule has 0 bridgehead atoms. The molecule has 0 amide bonds. The maximum absolute atomic E-state index is 12.4. The molecule has 1 atom stereocenters. The molecule has 2 aromatic carbocycles. The fraction of sp³-hybridized carbons (Fsp3) is 0.469. The van der Waals surface area contributed by atoms with Gasteiger partial charge in [-0.15, -0.1) is 0 Å². The fourth-order valence-corrected chi connectivity index (χ4v) is 5.17. The molecule has 0 spiro atoms. The van der Waals surface area contributed by atoms with Crippen molar-refractivity contribution >= 4 is 23.7 Å². The minimum Gasteiger partial charge on any atom is -0.476 e. The van der Waals surface area contributed by atoms with Crippen molar-refractivity contribution in [3.05, 3.63) is 65.2 Å². The van der Waals surface area contributed by atoms with E-state index in [4.69, 9.17) is 15.5 Å². The maximum atomic E-state index is 12.4. The molecular formula is C32H44N4O3S. The zero-order valence-corrected chi connectivity index (χ0v) is 25.7. The minimum atomic E-state index is -0.844. The first-order valence-corrected chi connectivity index (χ1v) is 14.6. The Bertz CT molecular complexity index is 1280. The van der Waals surface area contributed by atoms with Crippen LogP contribution in [0.2, 0.25) is 0 Å². The van der Waals surface area contributed by atoms with E-state index >= 15 is 0 Å². The highest BCUT2D eigenvalue weighted by Crippen LogP contribution is 2.30. The lowest BCUT2D eigenvalue weighted by molar-refractivity contribution is -0.119. The van der Waals surface area contributed by atoms with Gasteiger partial charge in [0.15, 0.2) is 0 Å². The number of nitrogens with zero attached hydrogens (tertiary/aromatic N) is 2. The van der Waals surface area contributed by atoms with Crippen LogP contribution < -0.4 is 15.2 Å². The van der Waals surface area contributed by atoms with Crippen LogP contribution in [0.15, 0.2) is 53.4 Å². The van der Waals surface area contributed by atoms with E-state index in [9.17, 15) is 9.90 Å².